The standard InChI is InChI=1S/C18H23NO/c20-17(16-14-8-4-5-9-15(14)16)19-12-18(10-11-18)13-6-2-1-3-7-13/h1-3,6-7,14-16H,4-5,8-12H2,(H,19,20)/t14-,15+,16?. The van der Waals surface area contributed by atoms with Gasteiger partial charge in [0.05, 0.1) is 0 Å². The van der Waals surface area contributed by atoms with Crippen molar-refractivity contribution in [2.45, 2.75) is 43.9 Å². The van der Waals surface area contributed by atoms with E-state index in [1.54, 1.807) is 0 Å². The van der Waals surface area contributed by atoms with E-state index in [-0.39, 0.29) is 5.41 Å². The fourth-order valence-corrected chi connectivity index (χ4v) is 4.27. The highest BCUT2D eigenvalue weighted by atomic mass is 16.2. The molecule has 0 aliphatic heterocycles. The first-order valence-electron chi connectivity index (χ1n) is 8.13. The molecule has 1 aromatic rings. The Bertz CT molecular complexity index is 493. The summed E-state index contributed by atoms with van der Waals surface area (Å²) in [5.74, 6) is 2.12. The molecule has 1 amide bonds. The van der Waals surface area contributed by atoms with Gasteiger partial charge >= 0.3 is 0 Å². The molecule has 2 heteroatoms. The van der Waals surface area contributed by atoms with Crippen LogP contribution in [0.2, 0.25) is 0 Å². The molecule has 4 rings (SSSR count). The number of carbonyl (C=O) groups is 1. The van der Waals surface area contributed by atoms with Gasteiger partial charge in [-0.25, -0.2) is 0 Å². The quantitative estimate of drug-likeness (QED) is 0.893. The Morgan fingerprint density at radius 2 is 1.75 bits per heavy atom. The zero-order valence-corrected chi connectivity index (χ0v) is 12.0. The summed E-state index contributed by atoms with van der Waals surface area (Å²) in [7, 11) is 0. The van der Waals surface area contributed by atoms with Crippen molar-refractivity contribution in [1.82, 2.24) is 5.32 Å². The second kappa shape index (κ2) is 4.61. The molecule has 1 unspecified atom stereocenters. The zero-order chi connectivity index (χ0) is 13.6. The van der Waals surface area contributed by atoms with E-state index in [0.717, 1.165) is 18.4 Å². The average molecular weight is 269 g/mol. The van der Waals surface area contributed by atoms with Crippen LogP contribution in [-0.4, -0.2) is 12.5 Å². The largest absolute Gasteiger partial charge is 0.355 e. The molecular formula is C18H23NO. The Labute approximate surface area is 121 Å². The van der Waals surface area contributed by atoms with Crippen LogP contribution in [-0.2, 0) is 10.2 Å². The third-order valence-corrected chi connectivity index (χ3v) is 5.80. The van der Waals surface area contributed by atoms with Gasteiger partial charge in [-0.15, -0.1) is 0 Å². The van der Waals surface area contributed by atoms with Crippen molar-refractivity contribution in [3.63, 3.8) is 0 Å². The highest BCUT2D eigenvalue weighted by molar-refractivity contribution is 5.82. The molecule has 3 atom stereocenters. The molecule has 3 fully saturated rings. The van der Waals surface area contributed by atoms with Gasteiger partial charge in [0, 0.05) is 17.9 Å². The molecule has 106 valence electrons. The molecule has 1 N–H and O–H groups in total. The molecule has 0 saturated heterocycles. The predicted molar refractivity (Wildman–Crippen MR) is 79.3 cm³/mol. The average Bonchev–Trinajstić information content (AvgIpc) is 3.40. The summed E-state index contributed by atoms with van der Waals surface area (Å²) in [4.78, 5) is 12.4. The molecule has 0 radical (unpaired) electrons. The number of nitrogens with one attached hydrogen (secondary N) is 1. The van der Waals surface area contributed by atoms with E-state index in [9.17, 15) is 4.79 Å². The molecule has 2 nitrogen and oxygen atoms in total. The predicted octanol–water partition coefficient (Wildman–Crippen LogP) is 3.27. The Kier molecular flexibility index (Phi) is 2.87. The van der Waals surface area contributed by atoms with Crippen molar-refractivity contribution in [3.05, 3.63) is 35.9 Å². The molecule has 3 saturated carbocycles. The van der Waals surface area contributed by atoms with Crippen molar-refractivity contribution < 1.29 is 4.79 Å². The van der Waals surface area contributed by atoms with Crippen molar-refractivity contribution in [2.24, 2.45) is 17.8 Å². The lowest BCUT2D eigenvalue weighted by Gasteiger charge is -2.16. The lowest BCUT2D eigenvalue weighted by molar-refractivity contribution is -0.123. The SMILES string of the molecule is O=C(NCC1(c2ccccc2)CC1)C1[C@H]2CCCC[C@@H]12. The normalized spacial score (nSPS) is 33.1. The van der Waals surface area contributed by atoms with E-state index in [1.165, 1.54) is 44.1 Å². The summed E-state index contributed by atoms with van der Waals surface area (Å²) in [6.45, 7) is 0.839. The van der Waals surface area contributed by atoms with E-state index >= 15 is 0 Å². The zero-order valence-electron chi connectivity index (χ0n) is 12.0. The Balaban J connectivity index is 1.36. The summed E-state index contributed by atoms with van der Waals surface area (Å²) >= 11 is 0. The molecule has 1 aromatic carbocycles. The second-order valence-corrected chi connectivity index (χ2v) is 7.00. The Morgan fingerprint density at radius 1 is 1.10 bits per heavy atom. The van der Waals surface area contributed by atoms with E-state index in [0.29, 0.717) is 11.8 Å². The minimum atomic E-state index is 0.247. The van der Waals surface area contributed by atoms with E-state index in [4.69, 9.17) is 0 Å². The molecule has 0 bridgehead atoms. The highest BCUT2D eigenvalue weighted by Gasteiger charge is 2.55. The molecule has 0 aromatic heterocycles. The first-order valence-corrected chi connectivity index (χ1v) is 8.13. The smallest absolute Gasteiger partial charge is 0.223 e. The number of benzene rings is 1. The van der Waals surface area contributed by atoms with Crippen molar-refractivity contribution in [1.29, 1.82) is 0 Å². The van der Waals surface area contributed by atoms with Crippen LogP contribution >= 0.6 is 0 Å². The van der Waals surface area contributed by atoms with E-state index < -0.39 is 0 Å². The van der Waals surface area contributed by atoms with Gasteiger partial charge in [-0.1, -0.05) is 43.2 Å². The third kappa shape index (κ3) is 2.06. The van der Waals surface area contributed by atoms with Crippen molar-refractivity contribution >= 4 is 5.91 Å². The molecule has 0 heterocycles. The number of hydrogen-bond donors (Lipinski definition) is 1. The minimum absolute atomic E-state index is 0.247. The van der Waals surface area contributed by atoms with Crippen molar-refractivity contribution in [2.75, 3.05) is 6.54 Å². The van der Waals surface area contributed by atoms with Crippen LogP contribution in [0.1, 0.15) is 44.1 Å². The van der Waals surface area contributed by atoms with E-state index in [2.05, 4.69) is 35.6 Å². The second-order valence-electron chi connectivity index (χ2n) is 7.00. The minimum Gasteiger partial charge on any atom is -0.355 e. The summed E-state index contributed by atoms with van der Waals surface area (Å²) in [6.07, 6.45) is 7.67. The van der Waals surface area contributed by atoms with Gasteiger partial charge in [0.25, 0.3) is 0 Å². The summed E-state index contributed by atoms with van der Waals surface area (Å²) in [5.41, 5.74) is 1.64. The van der Waals surface area contributed by atoms with Crippen LogP contribution < -0.4 is 5.32 Å². The lowest BCUT2D eigenvalue weighted by Crippen LogP contribution is -2.33. The van der Waals surface area contributed by atoms with Crippen LogP contribution in [0.15, 0.2) is 30.3 Å². The number of carbonyl (C=O) groups excluding carboxylic acids is 1. The molecule has 3 aliphatic rings. The van der Waals surface area contributed by atoms with E-state index in [1.807, 2.05) is 0 Å². The summed E-state index contributed by atoms with van der Waals surface area (Å²) < 4.78 is 0. The summed E-state index contributed by atoms with van der Waals surface area (Å²) in [6, 6.07) is 10.7. The fourth-order valence-electron chi connectivity index (χ4n) is 4.27. The Hall–Kier alpha value is -1.31. The van der Waals surface area contributed by atoms with Gasteiger partial charge in [-0.05, 0) is 43.1 Å². The first-order chi connectivity index (χ1) is 9.80. The molecule has 20 heavy (non-hydrogen) atoms. The van der Waals surface area contributed by atoms with Crippen LogP contribution in [0.3, 0.4) is 0 Å². The fraction of sp³-hybridized carbons (Fsp3) is 0.611. The monoisotopic (exact) mass is 269 g/mol. The van der Waals surface area contributed by atoms with Gasteiger partial charge in [-0.2, -0.15) is 0 Å². The topological polar surface area (TPSA) is 29.1 Å². The summed E-state index contributed by atoms with van der Waals surface area (Å²) in [5, 5.41) is 3.26. The maximum atomic E-state index is 12.4. The van der Waals surface area contributed by atoms with Crippen LogP contribution in [0, 0.1) is 17.8 Å². The molecular weight excluding hydrogens is 246 g/mol. The van der Waals surface area contributed by atoms with Gasteiger partial charge in [0.15, 0.2) is 0 Å². The number of rotatable bonds is 4. The molecule has 0 spiro atoms. The number of hydrogen-bond acceptors (Lipinski definition) is 1. The van der Waals surface area contributed by atoms with Crippen LogP contribution in [0.25, 0.3) is 0 Å². The maximum Gasteiger partial charge on any atom is 0.223 e. The number of amides is 1. The van der Waals surface area contributed by atoms with Crippen LogP contribution in [0.5, 0.6) is 0 Å². The van der Waals surface area contributed by atoms with Gasteiger partial charge in [0.1, 0.15) is 0 Å². The molecule has 3 aliphatic carbocycles. The maximum absolute atomic E-state index is 12.4. The lowest BCUT2D eigenvalue weighted by atomic mass is 9.96. The van der Waals surface area contributed by atoms with Gasteiger partial charge in [0.2, 0.25) is 5.91 Å². The number of fused-ring (bicyclic) bond motifs is 1. The highest BCUT2D eigenvalue weighted by Crippen LogP contribution is 2.55. The Morgan fingerprint density at radius 3 is 2.35 bits per heavy atom. The van der Waals surface area contributed by atoms with Crippen molar-refractivity contribution in [3.8, 4) is 0 Å². The first kappa shape index (κ1) is 12.4. The van der Waals surface area contributed by atoms with Gasteiger partial charge in [-0.3, -0.25) is 4.79 Å². The third-order valence-electron chi connectivity index (χ3n) is 5.80. The van der Waals surface area contributed by atoms with Crippen LogP contribution in [0.4, 0.5) is 0 Å². The van der Waals surface area contributed by atoms with Gasteiger partial charge < -0.3 is 5.32 Å².